The monoisotopic (exact) mass is 314 g/mol. The Hall–Kier alpha value is -0.810. The molecule has 1 aromatic rings. The lowest BCUT2D eigenvalue weighted by Gasteiger charge is -2.30. The fraction of sp³-hybridized carbons (Fsp3) is 0.615. The minimum absolute atomic E-state index is 0.143. The Kier molecular flexibility index (Phi) is 4.45. The van der Waals surface area contributed by atoms with E-state index in [9.17, 15) is 4.79 Å². The fourth-order valence-electron chi connectivity index (χ4n) is 2.42. The molecule has 0 bridgehead atoms. The van der Waals surface area contributed by atoms with Crippen molar-refractivity contribution in [2.45, 2.75) is 32.4 Å². The minimum atomic E-state index is 0.143. The van der Waals surface area contributed by atoms with Crippen molar-refractivity contribution in [3.8, 4) is 0 Å². The molecule has 100 valence electrons. The number of carbonyl (C=O) groups is 1. The van der Waals surface area contributed by atoms with Gasteiger partial charge in [0, 0.05) is 19.0 Å². The number of halogens is 1. The van der Waals surface area contributed by atoms with Gasteiger partial charge in [0.2, 0.25) is 5.91 Å². The molecule has 0 aromatic carbocycles. The third-order valence-electron chi connectivity index (χ3n) is 3.37. The first-order valence-electron chi connectivity index (χ1n) is 6.29. The van der Waals surface area contributed by atoms with Gasteiger partial charge >= 0.3 is 0 Å². The van der Waals surface area contributed by atoms with Crippen LogP contribution in [0.15, 0.2) is 21.2 Å². The van der Waals surface area contributed by atoms with Crippen molar-refractivity contribution in [1.29, 1.82) is 0 Å². The van der Waals surface area contributed by atoms with Gasteiger partial charge in [0.05, 0.1) is 6.54 Å². The van der Waals surface area contributed by atoms with E-state index in [1.54, 1.807) is 4.90 Å². The maximum atomic E-state index is 12.3. The van der Waals surface area contributed by atoms with Crippen LogP contribution in [-0.4, -0.2) is 30.4 Å². The zero-order valence-corrected chi connectivity index (χ0v) is 12.4. The lowest BCUT2D eigenvalue weighted by Crippen LogP contribution is -2.42. The maximum absolute atomic E-state index is 12.3. The van der Waals surface area contributed by atoms with Gasteiger partial charge in [-0.2, -0.15) is 0 Å². The quantitative estimate of drug-likeness (QED) is 0.931. The molecule has 18 heavy (non-hydrogen) atoms. The van der Waals surface area contributed by atoms with Gasteiger partial charge in [0.15, 0.2) is 4.67 Å². The molecule has 0 aliphatic carbocycles. The van der Waals surface area contributed by atoms with Crippen molar-refractivity contribution in [1.82, 2.24) is 10.2 Å². The molecule has 1 amide bonds. The molecule has 1 aromatic heterocycles. The van der Waals surface area contributed by atoms with E-state index in [1.165, 1.54) is 0 Å². The second-order valence-electron chi connectivity index (χ2n) is 4.98. The molecule has 1 saturated heterocycles. The highest BCUT2D eigenvalue weighted by Crippen LogP contribution is 2.20. The number of rotatable bonds is 3. The summed E-state index contributed by atoms with van der Waals surface area (Å²) < 4.78 is 6.13. The highest BCUT2D eigenvalue weighted by atomic mass is 79.9. The number of hydrogen-bond acceptors (Lipinski definition) is 3. The van der Waals surface area contributed by atoms with E-state index in [0.717, 1.165) is 25.1 Å². The van der Waals surface area contributed by atoms with E-state index in [-0.39, 0.29) is 11.8 Å². The second kappa shape index (κ2) is 5.89. The Balaban J connectivity index is 1.91. The topological polar surface area (TPSA) is 45.5 Å². The number of hydrogen-bond donors (Lipinski definition) is 1. The molecule has 2 heterocycles. The molecule has 2 rings (SSSR count). The van der Waals surface area contributed by atoms with Gasteiger partial charge in [-0.05, 0) is 54.4 Å². The summed E-state index contributed by atoms with van der Waals surface area (Å²) in [6.07, 6.45) is 1.85. The van der Waals surface area contributed by atoms with E-state index in [4.69, 9.17) is 4.42 Å². The Bertz CT molecular complexity index is 419. The molecule has 0 radical (unpaired) electrons. The van der Waals surface area contributed by atoms with Gasteiger partial charge in [-0.3, -0.25) is 4.79 Å². The first-order chi connectivity index (χ1) is 8.56. The third-order valence-corrected chi connectivity index (χ3v) is 3.80. The second-order valence-corrected chi connectivity index (χ2v) is 5.76. The molecule has 1 N–H and O–H groups in total. The van der Waals surface area contributed by atoms with Crippen molar-refractivity contribution in [2.75, 3.05) is 13.6 Å². The van der Waals surface area contributed by atoms with Crippen LogP contribution in [0, 0.1) is 5.92 Å². The zero-order valence-electron chi connectivity index (χ0n) is 10.8. The molecular weight excluding hydrogens is 296 g/mol. The van der Waals surface area contributed by atoms with Gasteiger partial charge in [-0.25, -0.2) is 0 Å². The number of amides is 1. The largest absolute Gasteiger partial charge is 0.452 e. The van der Waals surface area contributed by atoms with E-state index < -0.39 is 0 Å². The van der Waals surface area contributed by atoms with Gasteiger partial charge in [0.25, 0.3) is 0 Å². The number of furan rings is 1. The number of nitrogens with one attached hydrogen (secondary N) is 1. The standard InChI is InChI=1S/C13H19BrN2O2/c1-9-7-10(5-6-15-9)13(17)16(2)8-11-3-4-12(14)18-11/h3-4,9-10,15H,5-8H2,1-2H3/t9-,10-/m0/s1. The molecule has 2 atom stereocenters. The van der Waals surface area contributed by atoms with Gasteiger partial charge < -0.3 is 14.6 Å². The highest BCUT2D eigenvalue weighted by Gasteiger charge is 2.27. The molecule has 1 fully saturated rings. The summed E-state index contributed by atoms with van der Waals surface area (Å²) in [4.78, 5) is 14.1. The first-order valence-corrected chi connectivity index (χ1v) is 7.08. The van der Waals surface area contributed by atoms with Crippen LogP contribution in [0.5, 0.6) is 0 Å². The Morgan fingerprint density at radius 2 is 2.39 bits per heavy atom. The summed E-state index contributed by atoms with van der Waals surface area (Å²) in [6.45, 7) is 3.59. The van der Waals surface area contributed by atoms with Gasteiger partial charge in [0.1, 0.15) is 5.76 Å². The van der Waals surface area contributed by atoms with Crippen LogP contribution in [0.1, 0.15) is 25.5 Å². The van der Waals surface area contributed by atoms with Crippen molar-refractivity contribution < 1.29 is 9.21 Å². The van der Waals surface area contributed by atoms with Crippen LogP contribution in [-0.2, 0) is 11.3 Å². The molecule has 4 nitrogen and oxygen atoms in total. The molecule has 1 aliphatic rings. The van der Waals surface area contributed by atoms with Crippen LogP contribution < -0.4 is 5.32 Å². The average Bonchev–Trinajstić information content (AvgIpc) is 2.73. The number of piperidine rings is 1. The lowest BCUT2D eigenvalue weighted by molar-refractivity contribution is -0.136. The zero-order chi connectivity index (χ0) is 13.1. The lowest BCUT2D eigenvalue weighted by atomic mass is 9.92. The van der Waals surface area contributed by atoms with E-state index >= 15 is 0 Å². The third kappa shape index (κ3) is 3.36. The van der Waals surface area contributed by atoms with E-state index in [0.29, 0.717) is 17.3 Å². The van der Waals surface area contributed by atoms with Crippen LogP contribution in [0.4, 0.5) is 0 Å². The summed E-state index contributed by atoms with van der Waals surface area (Å²) in [5.41, 5.74) is 0. The van der Waals surface area contributed by atoms with Crippen molar-refractivity contribution in [3.63, 3.8) is 0 Å². The summed E-state index contributed by atoms with van der Waals surface area (Å²) in [6, 6.07) is 4.16. The number of carbonyl (C=O) groups excluding carboxylic acids is 1. The van der Waals surface area contributed by atoms with Crippen molar-refractivity contribution in [2.24, 2.45) is 5.92 Å². The Labute approximate surface area is 116 Å². The average molecular weight is 315 g/mol. The van der Waals surface area contributed by atoms with Crippen molar-refractivity contribution >= 4 is 21.8 Å². The number of nitrogens with zero attached hydrogens (tertiary/aromatic N) is 1. The smallest absolute Gasteiger partial charge is 0.225 e. The predicted molar refractivity (Wildman–Crippen MR) is 73.1 cm³/mol. The summed E-state index contributed by atoms with van der Waals surface area (Å²) in [7, 11) is 1.84. The van der Waals surface area contributed by atoms with Crippen molar-refractivity contribution in [3.05, 3.63) is 22.6 Å². The Morgan fingerprint density at radius 3 is 3.00 bits per heavy atom. The molecule has 5 heteroatoms. The molecular formula is C13H19BrN2O2. The van der Waals surface area contributed by atoms with Crippen LogP contribution in [0.25, 0.3) is 0 Å². The SMILES string of the molecule is C[C@H]1C[C@@H](C(=O)N(C)Cc2ccc(Br)o2)CCN1. The van der Waals surface area contributed by atoms with E-state index in [2.05, 4.69) is 28.2 Å². The Morgan fingerprint density at radius 1 is 1.61 bits per heavy atom. The molecule has 0 saturated carbocycles. The summed E-state index contributed by atoms with van der Waals surface area (Å²) in [5.74, 6) is 1.17. The molecule has 0 unspecified atom stereocenters. The first kappa shape index (κ1) is 13.6. The maximum Gasteiger partial charge on any atom is 0.225 e. The van der Waals surface area contributed by atoms with Crippen LogP contribution >= 0.6 is 15.9 Å². The molecule has 0 spiro atoms. The normalized spacial score (nSPS) is 23.9. The highest BCUT2D eigenvalue weighted by molar-refractivity contribution is 9.10. The molecule has 1 aliphatic heterocycles. The predicted octanol–water partition coefficient (Wildman–Crippen LogP) is 2.39. The van der Waals surface area contributed by atoms with Crippen LogP contribution in [0.2, 0.25) is 0 Å². The van der Waals surface area contributed by atoms with Gasteiger partial charge in [-0.15, -0.1) is 0 Å². The summed E-state index contributed by atoms with van der Waals surface area (Å²) >= 11 is 3.27. The minimum Gasteiger partial charge on any atom is -0.452 e. The van der Waals surface area contributed by atoms with Crippen LogP contribution in [0.3, 0.4) is 0 Å². The fourth-order valence-corrected chi connectivity index (χ4v) is 2.76. The van der Waals surface area contributed by atoms with E-state index in [1.807, 2.05) is 19.2 Å². The summed E-state index contributed by atoms with van der Waals surface area (Å²) in [5, 5.41) is 3.36. The van der Waals surface area contributed by atoms with Gasteiger partial charge in [-0.1, -0.05) is 0 Å².